The van der Waals surface area contributed by atoms with E-state index in [9.17, 15) is 8.42 Å². The minimum absolute atomic E-state index is 0.232. The summed E-state index contributed by atoms with van der Waals surface area (Å²) in [6.45, 7) is 0.567. The van der Waals surface area contributed by atoms with Gasteiger partial charge in [-0.1, -0.05) is 18.2 Å². The van der Waals surface area contributed by atoms with Gasteiger partial charge in [0.05, 0.1) is 6.67 Å². The highest BCUT2D eigenvalue weighted by atomic mass is 32.2. The summed E-state index contributed by atoms with van der Waals surface area (Å²) >= 11 is 0. The van der Waals surface area contributed by atoms with Crippen LogP contribution in [0.1, 0.15) is 5.56 Å². The Morgan fingerprint density at radius 2 is 2.07 bits per heavy atom. The molecule has 0 atom stereocenters. The molecule has 1 aromatic rings. The maximum absolute atomic E-state index is 11.1. The van der Waals surface area contributed by atoms with Crippen molar-refractivity contribution >= 4 is 15.9 Å². The van der Waals surface area contributed by atoms with Gasteiger partial charge in [-0.3, -0.25) is 0 Å². The molecule has 0 spiro atoms. The van der Waals surface area contributed by atoms with Gasteiger partial charge in [0.15, 0.2) is 0 Å². The molecule has 0 saturated heterocycles. The van der Waals surface area contributed by atoms with Crippen LogP contribution in [0.4, 0.5) is 5.69 Å². The van der Waals surface area contributed by atoms with Crippen LogP contribution in [0.5, 0.6) is 0 Å². The van der Waals surface area contributed by atoms with Crippen molar-refractivity contribution in [3.8, 4) is 0 Å². The Labute approximate surface area is 82.7 Å². The molecule has 0 fully saturated rings. The molecule has 1 aromatic carbocycles. The zero-order valence-electron chi connectivity index (χ0n) is 7.47. The van der Waals surface area contributed by atoms with Crippen LogP contribution in [-0.2, 0) is 16.8 Å². The molecule has 3 N–H and O–H groups in total. The van der Waals surface area contributed by atoms with Gasteiger partial charge in [0.1, 0.15) is 0 Å². The van der Waals surface area contributed by atoms with Crippen LogP contribution in [0.2, 0.25) is 0 Å². The lowest BCUT2D eigenvalue weighted by Crippen LogP contribution is -2.42. The van der Waals surface area contributed by atoms with Crippen molar-refractivity contribution in [1.82, 2.24) is 4.31 Å². The number of nitrogens with one attached hydrogen (secondary N) is 1. The fraction of sp³-hybridized carbons (Fsp3) is 0.250. The molecule has 1 aliphatic rings. The van der Waals surface area contributed by atoms with E-state index in [4.69, 9.17) is 5.14 Å². The van der Waals surface area contributed by atoms with E-state index in [1.54, 1.807) is 0 Å². The normalized spacial score (nSPS) is 17.2. The predicted octanol–water partition coefficient (Wildman–Crippen LogP) is 0.0751. The SMILES string of the molecule is NS(=O)(=O)N1CNc2ccccc2C1. The van der Waals surface area contributed by atoms with Gasteiger partial charge in [-0.25, -0.2) is 5.14 Å². The Hall–Kier alpha value is -1.11. The Bertz CT molecular complexity index is 444. The highest BCUT2D eigenvalue weighted by molar-refractivity contribution is 7.86. The maximum Gasteiger partial charge on any atom is 0.278 e. The standard InChI is InChI=1S/C8H11N3O2S/c9-14(12,13)11-5-7-3-1-2-4-8(7)10-6-11/h1-4,10H,5-6H2,(H2,9,12,13). The summed E-state index contributed by atoms with van der Waals surface area (Å²) in [4.78, 5) is 0. The molecule has 0 aromatic heterocycles. The van der Waals surface area contributed by atoms with E-state index in [0.29, 0.717) is 6.54 Å². The van der Waals surface area contributed by atoms with E-state index in [0.717, 1.165) is 11.3 Å². The van der Waals surface area contributed by atoms with Crippen LogP contribution in [0, 0.1) is 0 Å². The van der Waals surface area contributed by atoms with E-state index >= 15 is 0 Å². The molecule has 76 valence electrons. The zero-order valence-corrected chi connectivity index (χ0v) is 8.29. The molecule has 1 heterocycles. The van der Waals surface area contributed by atoms with Crippen LogP contribution in [0.25, 0.3) is 0 Å². The second-order valence-corrected chi connectivity index (χ2v) is 4.69. The van der Waals surface area contributed by atoms with Crippen LogP contribution in [0.3, 0.4) is 0 Å². The van der Waals surface area contributed by atoms with Crippen molar-refractivity contribution in [3.05, 3.63) is 29.8 Å². The first kappa shape index (κ1) is 9.45. The number of benzene rings is 1. The summed E-state index contributed by atoms with van der Waals surface area (Å²) in [6, 6.07) is 7.56. The molecule has 14 heavy (non-hydrogen) atoms. The number of hydrogen-bond donors (Lipinski definition) is 2. The summed E-state index contributed by atoms with van der Waals surface area (Å²) in [5.41, 5.74) is 1.90. The lowest BCUT2D eigenvalue weighted by Gasteiger charge is -2.27. The Morgan fingerprint density at radius 1 is 1.36 bits per heavy atom. The largest absolute Gasteiger partial charge is 0.371 e. The van der Waals surface area contributed by atoms with Gasteiger partial charge < -0.3 is 5.32 Å². The van der Waals surface area contributed by atoms with Gasteiger partial charge in [-0.2, -0.15) is 12.7 Å². The monoisotopic (exact) mass is 213 g/mol. The zero-order chi connectivity index (χ0) is 10.2. The average Bonchev–Trinajstić information content (AvgIpc) is 2.16. The number of anilines is 1. The quantitative estimate of drug-likeness (QED) is 0.693. The van der Waals surface area contributed by atoms with E-state index in [2.05, 4.69) is 5.32 Å². The molecule has 0 unspecified atom stereocenters. The molecule has 0 bridgehead atoms. The van der Waals surface area contributed by atoms with Gasteiger partial charge in [0, 0.05) is 12.2 Å². The molecule has 5 nitrogen and oxygen atoms in total. The lowest BCUT2D eigenvalue weighted by atomic mass is 10.1. The Kier molecular flexibility index (Phi) is 2.18. The van der Waals surface area contributed by atoms with Crippen LogP contribution in [0.15, 0.2) is 24.3 Å². The molecule has 2 rings (SSSR count). The van der Waals surface area contributed by atoms with Crippen molar-refractivity contribution in [2.45, 2.75) is 6.54 Å². The first-order valence-electron chi connectivity index (χ1n) is 4.17. The van der Waals surface area contributed by atoms with E-state index in [1.165, 1.54) is 4.31 Å². The van der Waals surface area contributed by atoms with E-state index in [1.807, 2.05) is 24.3 Å². The van der Waals surface area contributed by atoms with Crippen LogP contribution < -0.4 is 10.5 Å². The second kappa shape index (κ2) is 3.23. The number of fused-ring (bicyclic) bond motifs is 1. The molecule has 0 aliphatic carbocycles. The van der Waals surface area contributed by atoms with Gasteiger partial charge in [0.25, 0.3) is 10.2 Å². The first-order valence-corrected chi connectivity index (χ1v) is 5.67. The van der Waals surface area contributed by atoms with Gasteiger partial charge in [0.2, 0.25) is 0 Å². The predicted molar refractivity (Wildman–Crippen MR) is 53.6 cm³/mol. The van der Waals surface area contributed by atoms with E-state index in [-0.39, 0.29) is 6.67 Å². The third kappa shape index (κ3) is 1.72. The average molecular weight is 213 g/mol. The summed E-state index contributed by atoms with van der Waals surface area (Å²) in [7, 11) is -3.60. The van der Waals surface area contributed by atoms with Crippen molar-refractivity contribution in [3.63, 3.8) is 0 Å². The lowest BCUT2D eigenvalue weighted by molar-refractivity contribution is 0.419. The fourth-order valence-corrected chi connectivity index (χ4v) is 1.99. The third-order valence-corrected chi connectivity index (χ3v) is 3.15. The fourth-order valence-electron chi connectivity index (χ4n) is 1.43. The highest BCUT2D eigenvalue weighted by Crippen LogP contribution is 2.21. The minimum Gasteiger partial charge on any atom is -0.371 e. The number of rotatable bonds is 1. The molecule has 0 saturated carbocycles. The number of hydrogen-bond acceptors (Lipinski definition) is 3. The first-order chi connectivity index (χ1) is 6.57. The minimum atomic E-state index is -3.60. The molecule has 1 aliphatic heterocycles. The Morgan fingerprint density at radius 3 is 2.79 bits per heavy atom. The second-order valence-electron chi connectivity index (χ2n) is 3.15. The topological polar surface area (TPSA) is 75.4 Å². The molecule has 0 amide bonds. The van der Waals surface area contributed by atoms with Crippen molar-refractivity contribution in [2.24, 2.45) is 5.14 Å². The van der Waals surface area contributed by atoms with E-state index < -0.39 is 10.2 Å². The van der Waals surface area contributed by atoms with Crippen LogP contribution >= 0.6 is 0 Å². The van der Waals surface area contributed by atoms with Crippen molar-refractivity contribution in [1.29, 1.82) is 0 Å². The van der Waals surface area contributed by atoms with Gasteiger partial charge in [-0.05, 0) is 11.6 Å². The number of nitrogens with zero attached hydrogens (tertiary/aromatic N) is 1. The maximum atomic E-state index is 11.1. The number of nitrogens with two attached hydrogens (primary N) is 1. The van der Waals surface area contributed by atoms with Crippen molar-refractivity contribution in [2.75, 3.05) is 12.0 Å². The summed E-state index contributed by atoms with van der Waals surface area (Å²) in [5.74, 6) is 0. The highest BCUT2D eigenvalue weighted by Gasteiger charge is 2.22. The summed E-state index contributed by atoms with van der Waals surface area (Å²) in [6.07, 6.45) is 0. The summed E-state index contributed by atoms with van der Waals surface area (Å²) < 4.78 is 23.3. The van der Waals surface area contributed by atoms with Crippen molar-refractivity contribution < 1.29 is 8.42 Å². The van der Waals surface area contributed by atoms with Gasteiger partial charge in [-0.15, -0.1) is 0 Å². The third-order valence-electron chi connectivity index (χ3n) is 2.17. The van der Waals surface area contributed by atoms with Crippen LogP contribution in [-0.4, -0.2) is 19.4 Å². The smallest absolute Gasteiger partial charge is 0.278 e. The number of para-hydroxylation sites is 1. The molecular weight excluding hydrogens is 202 g/mol. The molecular formula is C8H11N3O2S. The molecule has 6 heteroatoms. The summed E-state index contributed by atoms with van der Waals surface area (Å²) in [5, 5.41) is 8.01. The molecule has 0 radical (unpaired) electrons. The van der Waals surface area contributed by atoms with Gasteiger partial charge >= 0.3 is 0 Å². The Balaban J connectivity index is 2.30.